The van der Waals surface area contributed by atoms with Crippen LogP contribution >= 0.6 is 0 Å². The summed E-state index contributed by atoms with van der Waals surface area (Å²) in [6.45, 7) is 4.36. The van der Waals surface area contributed by atoms with E-state index in [1.807, 2.05) is 0 Å². The van der Waals surface area contributed by atoms with Gasteiger partial charge in [0.1, 0.15) is 5.69 Å². The topological polar surface area (TPSA) is 52.0 Å². The van der Waals surface area contributed by atoms with Crippen LogP contribution in [-0.4, -0.2) is 5.16 Å². The molecule has 1 aliphatic rings. The number of nitrogens with zero attached hydrogens (tertiary/aromatic N) is 1. The molecule has 1 aromatic heterocycles. The summed E-state index contributed by atoms with van der Waals surface area (Å²) in [5.74, 6) is 0.999. The Kier molecular flexibility index (Phi) is 3.05. The van der Waals surface area contributed by atoms with Gasteiger partial charge in [-0.05, 0) is 48.8 Å². The number of benzene rings is 1. The molecule has 2 N–H and O–H groups in total. The Balaban J connectivity index is 2.02. The van der Waals surface area contributed by atoms with Crippen molar-refractivity contribution < 1.29 is 4.52 Å². The molecule has 3 nitrogen and oxygen atoms in total. The van der Waals surface area contributed by atoms with E-state index in [1.165, 1.54) is 30.4 Å². The summed E-state index contributed by atoms with van der Waals surface area (Å²) in [5.41, 5.74) is 11.9. The third-order valence-corrected chi connectivity index (χ3v) is 3.80. The highest BCUT2D eigenvalue weighted by Gasteiger charge is 2.18. The van der Waals surface area contributed by atoms with Crippen molar-refractivity contribution in [1.82, 2.24) is 5.16 Å². The maximum Gasteiger partial charge on any atom is 0.225 e. The van der Waals surface area contributed by atoms with Gasteiger partial charge in [0.05, 0.1) is 0 Å². The molecule has 1 heterocycles. The summed E-state index contributed by atoms with van der Waals surface area (Å²) < 4.78 is 5.20. The molecular formula is C16H20N2O. The second-order valence-corrected chi connectivity index (χ2v) is 5.81. The number of aromatic nitrogens is 1. The Hall–Kier alpha value is -1.77. The van der Waals surface area contributed by atoms with Gasteiger partial charge in [-0.2, -0.15) is 0 Å². The number of anilines is 1. The van der Waals surface area contributed by atoms with Crippen LogP contribution in [0, 0.1) is 5.92 Å². The van der Waals surface area contributed by atoms with Crippen LogP contribution < -0.4 is 5.73 Å². The summed E-state index contributed by atoms with van der Waals surface area (Å²) in [7, 11) is 0. The number of rotatable bonds is 3. The predicted octanol–water partition coefficient (Wildman–Crippen LogP) is 3.61. The maximum absolute atomic E-state index is 5.91. The van der Waals surface area contributed by atoms with Crippen molar-refractivity contribution in [3.05, 3.63) is 34.9 Å². The van der Waals surface area contributed by atoms with Crippen LogP contribution in [0.25, 0.3) is 11.3 Å². The molecule has 0 unspecified atom stereocenters. The van der Waals surface area contributed by atoms with Crippen LogP contribution in [0.2, 0.25) is 0 Å². The fraction of sp³-hybridized carbons (Fsp3) is 0.438. The Morgan fingerprint density at radius 1 is 1.26 bits per heavy atom. The zero-order chi connectivity index (χ0) is 13.4. The van der Waals surface area contributed by atoms with Gasteiger partial charge in [-0.3, -0.25) is 0 Å². The summed E-state index contributed by atoms with van der Waals surface area (Å²) in [6.07, 6.45) is 4.55. The number of hydrogen-bond donors (Lipinski definition) is 1. The minimum Gasteiger partial charge on any atom is -0.367 e. The molecule has 0 bridgehead atoms. The molecule has 0 saturated carbocycles. The zero-order valence-electron chi connectivity index (χ0n) is 11.6. The lowest BCUT2D eigenvalue weighted by Crippen LogP contribution is -1.98. The molecule has 2 aromatic rings. The zero-order valence-corrected chi connectivity index (χ0v) is 11.6. The monoisotopic (exact) mass is 256 g/mol. The van der Waals surface area contributed by atoms with Crippen LogP contribution in [-0.2, 0) is 19.3 Å². The minimum atomic E-state index is 0.462. The highest BCUT2D eigenvalue weighted by atomic mass is 16.5. The lowest BCUT2D eigenvalue weighted by Gasteiger charge is -2.07. The van der Waals surface area contributed by atoms with E-state index in [0.717, 1.165) is 23.2 Å². The molecule has 3 rings (SSSR count). The van der Waals surface area contributed by atoms with E-state index in [2.05, 4.69) is 37.2 Å². The smallest absolute Gasteiger partial charge is 0.225 e. The van der Waals surface area contributed by atoms with Crippen LogP contribution in [0.3, 0.4) is 0 Å². The summed E-state index contributed by atoms with van der Waals surface area (Å²) in [5, 5.41) is 4.16. The van der Waals surface area contributed by atoms with Crippen LogP contribution in [0.5, 0.6) is 0 Å². The Morgan fingerprint density at radius 3 is 2.84 bits per heavy atom. The number of nitrogen functional groups attached to an aromatic ring is 1. The Morgan fingerprint density at radius 2 is 2.05 bits per heavy atom. The summed E-state index contributed by atoms with van der Waals surface area (Å²) in [6, 6.07) is 6.62. The second-order valence-electron chi connectivity index (χ2n) is 5.81. The number of fused-ring (bicyclic) bond motifs is 1. The van der Waals surface area contributed by atoms with Gasteiger partial charge in [0, 0.05) is 11.1 Å². The first-order valence-corrected chi connectivity index (χ1v) is 7.01. The number of hydrogen-bond acceptors (Lipinski definition) is 3. The van der Waals surface area contributed by atoms with E-state index >= 15 is 0 Å². The van der Waals surface area contributed by atoms with E-state index in [4.69, 9.17) is 10.3 Å². The third kappa shape index (κ3) is 2.25. The van der Waals surface area contributed by atoms with Crippen molar-refractivity contribution in [1.29, 1.82) is 0 Å². The fourth-order valence-electron chi connectivity index (χ4n) is 2.87. The Labute approximate surface area is 113 Å². The quantitative estimate of drug-likeness (QED) is 0.912. The van der Waals surface area contributed by atoms with Crippen molar-refractivity contribution in [2.24, 2.45) is 5.92 Å². The molecule has 19 heavy (non-hydrogen) atoms. The standard InChI is InChI=1S/C16H20N2O/c1-10(2)8-14-15(18-19-16(14)17)13-7-6-11-4-3-5-12(11)9-13/h6-7,9-10H,3-5,8,17H2,1-2H3. The maximum atomic E-state index is 5.91. The van der Waals surface area contributed by atoms with Crippen LogP contribution in [0.15, 0.2) is 22.7 Å². The van der Waals surface area contributed by atoms with Gasteiger partial charge in [-0.15, -0.1) is 0 Å². The average molecular weight is 256 g/mol. The second kappa shape index (κ2) is 4.72. The van der Waals surface area contributed by atoms with Gasteiger partial charge in [0.2, 0.25) is 5.88 Å². The molecule has 1 aromatic carbocycles. The average Bonchev–Trinajstić information content (AvgIpc) is 2.96. The highest BCUT2D eigenvalue weighted by molar-refractivity contribution is 5.68. The molecule has 100 valence electrons. The summed E-state index contributed by atoms with van der Waals surface area (Å²) in [4.78, 5) is 0. The first-order valence-electron chi connectivity index (χ1n) is 7.01. The van der Waals surface area contributed by atoms with Gasteiger partial charge in [0.15, 0.2) is 0 Å². The lowest BCUT2D eigenvalue weighted by molar-refractivity contribution is 0.438. The Bertz CT molecular complexity index is 599. The molecule has 0 fully saturated rings. The molecule has 3 heteroatoms. The van der Waals surface area contributed by atoms with Crippen molar-refractivity contribution in [2.75, 3.05) is 5.73 Å². The van der Waals surface area contributed by atoms with E-state index in [-0.39, 0.29) is 0 Å². The predicted molar refractivity (Wildman–Crippen MR) is 76.9 cm³/mol. The SMILES string of the molecule is CC(C)Cc1c(-c2ccc3c(c2)CCC3)noc1N. The molecule has 0 spiro atoms. The molecular weight excluding hydrogens is 236 g/mol. The first-order chi connectivity index (χ1) is 9.15. The van der Waals surface area contributed by atoms with Gasteiger partial charge < -0.3 is 10.3 Å². The van der Waals surface area contributed by atoms with Gasteiger partial charge in [-0.25, -0.2) is 0 Å². The normalized spacial score (nSPS) is 14.1. The molecule has 0 saturated heterocycles. The minimum absolute atomic E-state index is 0.462. The van der Waals surface area contributed by atoms with Gasteiger partial charge in [0.25, 0.3) is 0 Å². The van der Waals surface area contributed by atoms with Crippen molar-refractivity contribution >= 4 is 5.88 Å². The molecule has 0 aliphatic heterocycles. The van der Waals surface area contributed by atoms with Crippen molar-refractivity contribution in [2.45, 2.75) is 39.5 Å². The molecule has 0 atom stereocenters. The molecule has 0 radical (unpaired) electrons. The van der Waals surface area contributed by atoms with E-state index < -0.39 is 0 Å². The highest BCUT2D eigenvalue weighted by Crippen LogP contribution is 2.32. The van der Waals surface area contributed by atoms with Gasteiger partial charge in [-0.1, -0.05) is 31.1 Å². The first kappa shape index (κ1) is 12.3. The van der Waals surface area contributed by atoms with Crippen molar-refractivity contribution in [3.8, 4) is 11.3 Å². The number of nitrogens with two attached hydrogens (primary N) is 1. The largest absolute Gasteiger partial charge is 0.367 e. The van der Waals surface area contributed by atoms with Crippen LogP contribution in [0.4, 0.5) is 5.88 Å². The van der Waals surface area contributed by atoms with E-state index in [1.54, 1.807) is 0 Å². The number of aryl methyl sites for hydroxylation is 2. The van der Waals surface area contributed by atoms with E-state index in [0.29, 0.717) is 11.8 Å². The van der Waals surface area contributed by atoms with Crippen molar-refractivity contribution in [3.63, 3.8) is 0 Å². The lowest BCUT2D eigenvalue weighted by atomic mass is 9.97. The van der Waals surface area contributed by atoms with Gasteiger partial charge >= 0.3 is 0 Å². The molecule has 0 amide bonds. The fourth-order valence-corrected chi connectivity index (χ4v) is 2.87. The third-order valence-electron chi connectivity index (χ3n) is 3.80. The van der Waals surface area contributed by atoms with Crippen LogP contribution in [0.1, 0.15) is 37.0 Å². The molecule has 1 aliphatic carbocycles. The van der Waals surface area contributed by atoms with E-state index in [9.17, 15) is 0 Å². The summed E-state index contributed by atoms with van der Waals surface area (Å²) >= 11 is 0.